The molecule has 4 nitrogen and oxygen atoms in total. The van der Waals surface area contributed by atoms with Crippen molar-refractivity contribution in [2.45, 2.75) is 39.8 Å². The minimum Gasteiger partial charge on any atom is -0.341 e. The first-order valence-electron chi connectivity index (χ1n) is 7.67. The summed E-state index contributed by atoms with van der Waals surface area (Å²) in [5.41, 5.74) is 2.90. The summed E-state index contributed by atoms with van der Waals surface area (Å²) in [6.45, 7) is 9.42. The number of hydrogen-bond donors (Lipinski definition) is 2. The van der Waals surface area contributed by atoms with Gasteiger partial charge in [0.15, 0.2) is 0 Å². The van der Waals surface area contributed by atoms with Gasteiger partial charge in [0.2, 0.25) is 0 Å². The fourth-order valence-electron chi connectivity index (χ4n) is 2.73. The number of carbonyl (C=O) groups is 1. The third-order valence-electron chi connectivity index (χ3n) is 4.23. The Morgan fingerprint density at radius 3 is 2.57 bits per heavy atom. The Balaban J connectivity index is 2.03. The lowest BCUT2D eigenvalue weighted by Crippen LogP contribution is -2.53. The van der Waals surface area contributed by atoms with E-state index < -0.39 is 0 Å². The SMILES string of the molecule is CNC(=O)N[C@@H](CN1CCc2ccccc2C1)C(C)(C)C. The zero-order valence-electron chi connectivity index (χ0n) is 13.6. The molecule has 4 heteroatoms. The van der Waals surface area contributed by atoms with Gasteiger partial charge in [0.05, 0.1) is 0 Å². The minimum absolute atomic E-state index is 0.0312. The fourth-order valence-corrected chi connectivity index (χ4v) is 2.73. The standard InChI is InChI=1S/C17H27N3O/c1-17(2,3)15(19-16(21)18-4)12-20-10-9-13-7-5-6-8-14(13)11-20/h5-8,15H,9-12H2,1-4H3,(H2,18,19,21)/t15-/m0/s1. The molecule has 2 rings (SSSR count). The van der Waals surface area contributed by atoms with E-state index in [1.165, 1.54) is 11.1 Å². The van der Waals surface area contributed by atoms with Crippen LogP contribution in [0.4, 0.5) is 4.79 Å². The molecule has 1 atom stereocenters. The van der Waals surface area contributed by atoms with Crippen LogP contribution in [0.2, 0.25) is 0 Å². The average Bonchev–Trinajstić information content (AvgIpc) is 2.45. The van der Waals surface area contributed by atoms with Crippen molar-refractivity contribution >= 4 is 6.03 Å². The third kappa shape index (κ3) is 4.21. The van der Waals surface area contributed by atoms with Crippen LogP contribution >= 0.6 is 0 Å². The maximum absolute atomic E-state index is 11.7. The normalized spacial score (nSPS) is 17.0. The van der Waals surface area contributed by atoms with Gasteiger partial charge in [-0.25, -0.2) is 4.79 Å². The van der Waals surface area contributed by atoms with Gasteiger partial charge in [0.25, 0.3) is 0 Å². The number of hydrogen-bond acceptors (Lipinski definition) is 2. The Morgan fingerprint density at radius 2 is 1.95 bits per heavy atom. The van der Waals surface area contributed by atoms with Crippen LogP contribution in [0.3, 0.4) is 0 Å². The lowest BCUT2D eigenvalue weighted by atomic mass is 9.86. The van der Waals surface area contributed by atoms with E-state index in [0.717, 1.165) is 26.1 Å². The van der Waals surface area contributed by atoms with Crippen LogP contribution in [0, 0.1) is 5.41 Å². The highest BCUT2D eigenvalue weighted by atomic mass is 16.2. The number of rotatable bonds is 3. The maximum Gasteiger partial charge on any atom is 0.314 e. The summed E-state index contributed by atoms with van der Waals surface area (Å²) in [4.78, 5) is 14.1. The molecular weight excluding hydrogens is 262 g/mol. The van der Waals surface area contributed by atoms with Crippen LogP contribution < -0.4 is 10.6 Å². The van der Waals surface area contributed by atoms with Crippen LogP contribution in [0.15, 0.2) is 24.3 Å². The summed E-state index contributed by atoms with van der Waals surface area (Å²) in [5.74, 6) is 0. The van der Waals surface area contributed by atoms with E-state index in [-0.39, 0.29) is 17.5 Å². The Kier molecular flexibility index (Phi) is 4.88. The van der Waals surface area contributed by atoms with E-state index in [4.69, 9.17) is 0 Å². The van der Waals surface area contributed by atoms with Gasteiger partial charge in [-0.3, -0.25) is 4.90 Å². The lowest BCUT2D eigenvalue weighted by molar-refractivity contribution is 0.162. The number of amides is 2. The molecule has 0 aromatic heterocycles. The second-order valence-electron chi connectivity index (χ2n) is 6.90. The van der Waals surface area contributed by atoms with Crippen molar-refractivity contribution in [2.24, 2.45) is 5.41 Å². The van der Waals surface area contributed by atoms with Gasteiger partial charge in [0.1, 0.15) is 0 Å². The molecule has 2 amide bonds. The van der Waals surface area contributed by atoms with E-state index >= 15 is 0 Å². The highest BCUT2D eigenvalue weighted by Crippen LogP contribution is 2.23. The molecule has 0 bridgehead atoms. The van der Waals surface area contributed by atoms with Crippen LogP contribution in [0.5, 0.6) is 0 Å². The van der Waals surface area contributed by atoms with Gasteiger partial charge in [-0.2, -0.15) is 0 Å². The number of nitrogens with zero attached hydrogens (tertiary/aromatic N) is 1. The second kappa shape index (κ2) is 6.48. The van der Waals surface area contributed by atoms with Gasteiger partial charge in [0, 0.05) is 32.7 Å². The molecule has 1 aromatic carbocycles. The van der Waals surface area contributed by atoms with Crippen LogP contribution in [-0.4, -0.2) is 37.1 Å². The molecule has 0 aliphatic carbocycles. The van der Waals surface area contributed by atoms with Gasteiger partial charge in [-0.15, -0.1) is 0 Å². The molecule has 1 aliphatic heterocycles. The van der Waals surface area contributed by atoms with E-state index in [2.05, 4.69) is 60.6 Å². The molecule has 116 valence electrons. The molecule has 0 spiro atoms. The smallest absolute Gasteiger partial charge is 0.314 e. The number of benzene rings is 1. The molecule has 1 aliphatic rings. The Morgan fingerprint density at radius 1 is 1.29 bits per heavy atom. The van der Waals surface area contributed by atoms with Crippen molar-refractivity contribution in [1.29, 1.82) is 0 Å². The average molecular weight is 289 g/mol. The van der Waals surface area contributed by atoms with E-state index in [9.17, 15) is 4.79 Å². The van der Waals surface area contributed by atoms with E-state index in [1.807, 2.05) is 0 Å². The van der Waals surface area contributed by atoms with E-state index in [1.54, 1.807) is 7.05 Å². The molecule has 0 saturated carbocycles. The Bertz CT molecular complexity index is 493. The first-order chi connectivity index (χ1) is 9.90. The van der Waals surface area contributed by atoms with Gasteiger partial charge in [-0.05, 0) is 23.0 Å². The minimum atomic E-state index is -0.104. The predicted octanol–water partition coefficient (Wildman–Crippen LogP) is 2.39. The Hall–Kier alpha value is -1.55. The number of urea groups is 1. The second-order valence-corrected chi connectivity index (χ2v) is 6.90. The molecule has 0 unspecified atom stereocenters. The number of nitrogens with one attached hydrogen (secondary N) is 2. The monoisotopic (exact) mass is 289 g/mol. The lowest BCUT2D eigenvalue weighted by Gasteiger charge is -2.37. The molecule has 1 aromatic rings. The largest absolute Gasteiger partial charge is 0.341 e. The van der Waals surface area contributed by atoms with Gasteiger partial charge in [-0.1, -0.05) is 45.0 Å². The molecular formula is C17H27N3O. The van der Waals surface area contributed by atoms with Crippen molar-refractivity contribution in [1.82, 2.24) is 15.5 Å². The van der Waals surface area contributed by atoms with Gasteiger partial charge >= 0.3 is 6.03 Å². The van der Waals surface area contributed by atoms with Crippen molar-refractivity contribution < 1.29 is 4.79 Å². The summed E-state index contributed by atoms with van der Waals surface area (Å²) in [6.07, 6.45) is 1.09. The van der Waals surface area contributed by atoms with Crippen molar-refractivity contribution in [3.05, 3.63) is 35.4 Å². The highest BCUT2D eigenvalue weighted by molar-refractivity contribution is 5.73. The first kappa shape index (κ1) is 15.8. The van der Waals surface area contributed by atoms with Crippen LogP contribution in [0.25, 0.3) is 0 Å². The first-order valence-corrected chi connectivity index (χ1v) is 7.67. The molecule has 2 N–H and O–H groups in total. The zero-order valence-corrected chi connectivity index (χ0v) is 13.6. The summed E-state index contributed by atoms with van der Waals surface area (Å²) in [7, 11) is 1.66. The quantitative estimate of drug-likeness (QED) is 0.897. The summed E-state index contributed by atoms with van der Waals surface area (Å²) in [5, 5.41) is 5.74. The molecule has 21 heavy (non-hydrogen) atoms. The third-order valence-corrected chi connectivity index (χ3v) is 4.23. The van der Waals surface area contributed by atoms with Crippen LogP contribution in [0.1, 0.15) is 31.9 Å². The molecule has 0 fully saturated rings. The van der Waals surface area contributed by atoms with E-state index in [0.29, 0.717) is 0 Å². The van der Waals surface area contributed by atoms with Crippen molar-refractivity contribution in [2.75, 3.05) is 20.1 Å². The highest BCUT2D eigenvalue weighted by Gasteiger charge is 2.29. The summed E-state index contributed by atoms with van der Waals surface area (Å²) < 4.78 is 0. The number of carbonyl (C=O) groups excluding carboxylic acids is 1. The van der Waals surface area contributed by atoms with Crippen LogP contribution in [-0.2, 0) is 13.0 Å². The molecule has 0 saturated heterocycles. The fraction of sp³-hybridized carbons (Fsp3) is 0.588. The predicted molar refractivity (Wildman–Crippen MR) is 86.3 cm³/mol. The zero-order chi connectivity index (χ0) is 15.5. The van der Waals surface area contributed by atoms with Crippen molar-refractivity contribution in [3.8, 4) is 0 Å². The maximum atomic E-state index is 11.7. The topological polar surface area (TPSA) is 44.4 Å². The van der Waals surface area contributed by atoms with Gasteiger partial charge < -0.3 is 10.6 Å². The molecule has 1 heterocycles. The van der Waals surface area contributed by atoms with Crippen molar-refractivity contribution in [3.63, 3.8) is 0 Å². The summed E-state index contributed by atoms with van der Waals surface area (Å²) >= 11 is 0. The summed E-state index contributed by atoms with van der Waals surface area (Å²) in [6, 6.07) is 8.66. The number of fused-ring (bicyclic) bond motifs is 1. The Labute approximate surface area is 127 Å². The molecule has 0 radical (unpaired) electrons.